The van der Waals surface area contributed by atoms with E-state index in [1.165, 1.54) is 18.2 Å². The molecule has 1 radical (unpaired) electrons. The second kappa shape index (κ2) is 4.01. The first kappa shape index (κ1) is 10.4. The van der Waals surface area contributed by atoms with Crippen LogP contribution in [0.4, 0.5) is 13.2 Å². The molecule has 73 valence electrons. The molecule has 1 aromatic carbocycles. The lowest BCUT2D eigenvalue weighted by molar-refractivity contribution is -0.153. The van der Waals surface area contributed by atoms with Gasteiger partial charge in [-0.1, -0.05) is 6.07 Å². The fourth-order valence-electron chi connectivity index (χ4n) is 0.789. The van der Waals surface area contributed by atoms with E-state index in [2.05, 4.69) is 10.8 Å². The summed E-state index contributed by atoms with van der Waals surface area (Å²) in [5.41, 5.74) is 0.0387. The van der Waals surface area contributed by atoms with Crippen molar-refractivity contribution < 1.29 is 17.9 Å². The van der Waals surface area contributed by atoms with Gasteiger partial charge in [0.25, 0.3) is 0 Å². The van der Waals surface area contributed by atoms with Gasteiger partial charge >= 0.3 is 6.18 Å². The van der Waals surface area contributed by atoms with Crippen molar-refractivity contribution in [1.29, 1.82) is 5.26 Å². The Kier molecular flexibility index (Phi) is 2.97. The van der Waals surface area contributed by atoms with Crippen LogP contribution in [-0.4, -0.2) is 12.8 Å². The van der Waals surface area contributed by atoms with Gasteiger partial charge in [-0.2, -0.15) is 18.4 Å². The van der Waals surface area contributed by atoms with Crippen molar-refractivity contribution in [3.63, 3.8) is 0 Å². The maximum atomic E-state index is 11.8. The molecule has 0 aliphatic rings. The molecule has 0 saturated heterocycles. The third-order valence-corrected chi connectivity index (χ3v) is 1.34. The Morgan fingerprint density at radius 1 is 1.50 bits per heavy atom. The molecule has 0 atom stereocenters. The lowest BCUT2D eigenvalue weighted by Crippen LogP contribution is -2.19. The zero-order valence-electron chi connectivity index (χ0n) is 6.93. The van der Waals surface area contributed by atoms with Crippen LogP contribution in [0.15, 0.2) is 18.2 Å². The number of ether oxygens (including phenoxy) is 1. The Labute approximate surface area is 78.5 Å². The fraction of sp³-hybridized carbons (Fsp3) is 0.222. The summed E-state index contributed by atoms with van der Waals surface area (Å²) < 4.78 is 39.7. The number of rotatable bonds is 2. The van der Waals surface area contributed by atoms with Gasteiger partial charge in [0, 0.05) is 0 Å². The van der Waals surface area contributed by atoms with Crippen LogP contribution in [0.1, 0.15) is 5.56 Å². The molecule has 0 fully saturated rings. The summed E-state index contributed by atoms with van der Waals surface area (Å²) in [6.07, 6.45) is -4.40. The van der Waals surface area contributed by atoms with Crippen molar-refractivity contribution in [3.05, 3.63) is 29.8 Å². The maximum absolute atomic E-state index is 11.8. The molecule has 0 aliphatic heterocycles. The van der Waals surface area contributed by atoms with Crippen LogP contribution >= 0.6 is 0 Å². The topological polar surface area (TPSA) is 33.0 Å². The van der Waals surface area contributed by atoms with E-state index in [-0.39, 0.29) is 11.3 Å². The van der Waals surface area contributed by atoms with Crippen molar-refractivity contribution in [3.8, 4) is 11.8 Å². The molecule has 0 N–H and O–H groups in total. The monoisotopic (exact) mass is 200 g/mol. The Morgan fingerprint density at radius 2 is 2.21 bits per heavy atom. The minimum atomic E-state index is -4.40. The molecular formula is C9H5F3NO. The zero-order chi connectivity index (χ0) is 10.6. The van der Waals surface area contributed by atoms with Gasteiger partial charge < -0.3 is 4.74 Å². The molecule has 0 saturated carbocycles. The molecule has 0 aliphatic carbocycles. The number of nitrogens with zero attached hydrogens (tertiary/aromatic N) is 1. The van der Waals surface area contributed by atoms with Gasteiger partial charge in [0.2, 0.25) is 0 Å². The highest BCUT2D eigenvalue weighted by Crippen LogP contribution is 2.20. The van der Waals surface area contributed by atoms with E-state index in [1.54, 1.807) is 6.07 Å². The summed E-state index contributed by atoms with van der Waals surface area (Å²) in [7, 11) is 0. The minimum Gasteiger partial charge on any atom is -0.483 e. The third kappa shape index (κ3) is 2.98. The van der Waals surface area contributed by atoms with E-state index >= 15 is 0 Å². The van der Waals surface area contributed by atoms with Gasteiger partial charge in [0.05, 0.1) is 5.56 Å². The predicted molar refractivity (Wildman–Crippen MR) is 41.5 cm³/mol. The van der Waals surface area contributed by atoms with Crippen molar-refractivity contribution in [2.45, 2.75) is 6.18 Å². The standard InChI is InChI=1S/C9H5F3NO/c10-9(11,12)6-14-8-4-2-1-3-7(8)5-13/h2-4H,6H2. The molecule has 0 spiro atoms. The minimum absolute atomic E-state index is 0.0387. The molecule has 0 unspecified atom stereocenters. The number of nitriles is 1. The normalized spacial score (nSPS) is 10.7. The largest absolute Gasteiger partial charge is 0.483 e. The van der Waals surface area contributed by atoms with Gasteiger partial charge in [-0.25, -0.2) is 0 Å². The van der Waals surface area contributed by atoms with Gasteiger partial charge in [-0.3, -0.25) is 0 Å². The van der Waals surface area contributed by atoms with Gasteiger partial charge in [-0.05, 0) is 18.2 Å². The second-order valence-corrected chi connectivity index (χ2v) is 2.44. The quantitative estimate of drug-likeness (QED) is 0.733. The highest BCUT2D eigenvalue weighted by Gasteiger charge is 2.28. The Bertz CT molecular complexity index is 354. The van der Waals surface area contributed by atoms with Gasteiger partial charge in [-0.15, -0.1) is 0 Å². The SMILES string of the molecule is N#Cc1c[c]ccc1OCC(F)(F)F. The van der Waals surface area contributed by atoms with Crippen LogP contribution in [0.2, 0.25) is 0 Å². The molecule has 2 nitrogen and oxygen atoms in total. The summed E-state index contributed by atoms with van der Waals surface area (Å²) in [5.74, 6) is -0.0800. The third-order valence-electron chi connectivity index (χ3n) is 1.34. The molecule has 5 heteroatoms. The van der Waals surface area contributed by atoms with E-state index < -0.39 is 12.8 Å². The summed E-state index contributed by atoms with van der Waals surface area (Å²) in [5, 5.41) is 8.52. The highest BCUT2D eigenvalue weighted by molar-refractivity contribution is 5.42. The maximum Gasteiger partial charge on any atom is 0.422 e. The molecule has 0 aromatic heterocycles. The summed E-state index contributed by atoms with van der Waals surface area (Å²) >= 11 is 0. The Hall–Kier alpha value is -1.70. The molecule has 0 heterocycles. The lowest BCUT2D eigenvalue weighted by Gasteiger charge is -2.09. The second-order valence-electron chi connectivity index (χ2n) is 2.44. The van der Waals surface area contributed by atoms with Crippen LogP contribution in [0.5, 0.6) is 5.75 Å². The molecule has 0 bridgehead atoms. The zero-order valence-corrected chi connectivity index (χ0v) is 6.93. The van der Waals surface area contributed by atoms with Gasteiger partial charge in [0.1, 0.15) is 11.8 Å². The first-order chi connectivity index (χ1) is 6.53. The smallest absolute Gasteiger partial charge is 0.422 e. The number of benzene rings is 1. The summed E-state index contributed by atoms with van der Waals surface area (Å²) in [6, 6.07) is 8.19. The van der Waals surface area contributed by atoms with Crippen LogP contribution in [0.3, 0.4) is 0 Å². The van der Waals surface area contributed by atoms with Gasteiger partial charge in [0.15, 0.2) is 6.61 Å². The molecular weight excluding hydrogens is 195 g/mol. The fourth-order valence-corrected chi connectivity index (χ4v) is 0.789. The Morgan fingerprint density at radius 3 is 2.79 bits per heavy atom. The van der Waals surface area contributed by atoms with E-state index in [0.29, 0.717) is 0 Å². The first-order valence-electron chi connectivity index (χ1n) is 3.62. The average molecular weight is 200 g/mol. The van der Waals surface area contributed by atoms with E-state index in [1.807, 2.05) is 0 Å². The average Bonchev–Trinajstić information content (AvgIpc) is 2.14. The molecule has 14 heavy (non-hydrogen) atoms. The highest BCUT2D eigenvalue weighted by atomic mass is 19.4. The number of hydrogen-bond donors (Lipinski definition) is 0. The molecule has 1 aromatic rings. The van der Waals surface area contributed by atoms with Crippen molar-refractivity contribution >= 4 is 0 Å². The Balaban J connectivity index is 2.73. The van der Waals surface area contributed by atoms with Crippen molar-refractivity contribution in [2.75, 3.05) is 6.61 Å². The summed E-state index contributed by atoms with van der Waals surface area (Å²) in [6.45, 7) is -1.40. The van der Waals surface area contributed by atoms with Crippen molar-refractivity contribution in [2.24, 2.45) is 0 Å². The van der Waals surface area contributed by atoms with E-state index in [4.69, 9.17) is 5.26 Å². The van der Waals surface area contributed by atoms with Crippen LogP contribution in [0.25, 0.3) is 0 Å². The molecule has 0 amide bonds. The number of alkyl halides is 3. The first-order valence-corrected chi connectivity index (χ1v) is 3.62. The lowest BCUT2D eigenvalue weighted by atomic mass is 10.2. The molecule has 1 rings (SSSR count). The predicted octanol–water partition coefficient (Wildman–Crippen LogP) is 2.30. The van der Waals surface area contributed by atoms with Crippen molar-refractivity contribution in [1.82, 2.24) is 0 Å². The number of halogens is 3. The van der Waals surface area contributed by atoms with E-state index in [0.717, 1.165) is 0 Å². The van der Waals surface area contributed by atoms with E-state index in [9.17, 15) is 13.2 Å². The summed E-state index contributed by atoms with van der Waals surface area (Å²) in [4.78, 5) is 0. The van der Waals surface area contributed by atoms with Crippen LogP contribution < -0.4 is 4.74 Å². The number of hydrogen-bond acceptors (Lipinski definition) is 2. The van der Waals surface area contributed by atoms with Crippen LogP contribution in [-0.2, 0) is 0 Å². The van der Waals surface area contributed by atoms with Crippen LogP contribution in [0, 0.1) is 17.4 Å².